The van der Waals surface area contributed by atoms with E-state index < -0.39 is 27.8 Å². The predicted molar refractivity (Wildman–Crippen MR) is 64.6 cm³/mol. The number of nitrogens with zero attached hydrogens (tertiary/aromatic N) is 4. The molecule has 1 saturated heterocycles. The van der Waals surface area contributed by atoms with Crippen LogP contribution < -0.4 is 10.6 Å². The molecule has 1 amide bonds. The van der Waals surface area contributed by atoms with Gasteiger partial charge in [0.15, 0.2) is 0 Å². The van der Waals surface area contributed by atoms with E-state index in [2.05, 4.69) is 15.0 Å². The van der Waals surface area contributed by atoms with Crippen molar-refractivity contribution in [3.05, 3.63) is 5.28 Å². The Balaban J connectivity index is 2.20. The van der Waals surface area contributed by atoms with Crippen LogP contribution in [0.5, 0.6) is 0 Å². The lowest BCUT2D eigenvalue weighted by atomic mass is 10.1. The maximum Gasteiger partial charge on any atom is 0.302 e. The summed E-state index contributed by atoms with van der Waals surface area (Å²) < 4.78 is 33.7. The average molecular weight is 310 g/mol. The van der Waals surface area contributed by atoms with Crippen LogP contribution in [0.3, 0.4) is 0 Å². The van der Waals surface area contributed by atoms with Crippen LogP contribution in [0, 0.1) is 5.92 Å². The van der Waals surface area contributed by atoms with E-state index in [0.29, 0.717) is 0 Å². The highest BCUT2D eigenvalue weighted by Gasteiger charge is 2.35. The van der Waals surface area contributed by atoms with Crippen molar-refractivity contribution in [2.75, 3.05) is 22.9 Å². The zero-order valence-electron chi connectivity index (χ0n) is 9.45. The van der Waals surface area contributed by atoms with E-state index in [0.717, 1.165) is 4.90 Å². The number of hydrogen-bond donors (Lipinski definition) is 1. The Bertz CT molecular complexity index is 605. The highest BCUT2D eigenvalue weighted by Crippen LogP contribution is 2.24. The van der Waals surface area contributed by atoms with Gasteiger partial charge >= 0.3 is 10.2 Å². The molecule has 2 N–H and O–H groups in total. The molecule has 0 bridgehead atoms. The Labute approximate surface area is 113 Å². The zero-order valence-corrected chi connectivity index (χ0v) is 11.0. The standard InChI is InChI=1S/C8H9ClFN5O3S/c9-6-12-7(11)14-8(13-6)15-2-4(1-5(15)16)3-19(10,17)18/h4H,1-3H2,(H2,11,12,13,14). The number of aromatic nitrogens is 3. The summed E-state index contributed by atoms with van der Waals surface area (Å²) in [5.41, 5.74) is 5.37. The molecule has 1 aliphatic rings. The fourth-order valence-corrected chi connectivity index (χ4v) is 2.79. The van der Waals surface area contributed by atoms with Gasteiger partial charge in [0, 0.05) is 18.9 Å². The van der Waals surface area contributed by atoms with E-state index in [4.69, 9.17) is 17.3 Å². The Morgan fingerprint density at radius 2 is 2.11 bits per heavy atom. The Hall–Kier alpha value is -1.55. The first-order valence-electron chi connectivity index (χ1n) is 5.14. The molecule has 0 saturated carbocycles. The second kappa shape index (κ2) is 4.85. The number of rotatable bonds is 3. The number of carbonyl (C=O) groups is 1. The van der Waals surface area contributed by atoms with E-state index in [1.165, 1.54) is 0 Å². The second-order valence-electron chi connectivity index (χ2n) is 4.04. The quantitative estimate of drug-likeness (QED) is 0.765. The van der Waals surface area contributed by atoms with Crippen LogP contribution >= 0.6 is 11.6 Å². The van der Waals surface area contributed by atoms with Crippen LogP contribution in [0.25, 0.3) is 0 Å². The minimum Gasteiger partial charge on any atom is -0.368 e. The number of amides is 1. The summed E-state index contributed by atoms with van der Waals surface area (Å²) in [4.78, 5) is 23.8. The van der Waals surface area contributed by atoms with Crippen LogP contribution in [0.4, 0.5) is 15.8 Å². The fraction of sp³-hybridized carbons (Fsp3) is 0.500. The SMILES string of the molecule is Nc1nc(Cl)nc(N2CC(CS(=O)(=O)F)CC2=O)n1. The highest BCUT2D eigenvalue weighted by molar-refractivity contribution is 7.86. The molecule has 0 radical (unpaired) electrons. The highest BCUT2D eigenvalue weighted by atomic mass is 35.5. The van der Waals surface area contributed by atoms with Gasteiger partial charge in [0.05, 0.1) is 5.75 Å². The number of hydrogen-bond acceptors (Lipinski definition) is 7. The van der Waals surface area contributed by atoms with E-state index in [1.54, 1.807) is 0 Å². The van der Waals surface area contributed by atoms with Gasteiger partial charge in [0.2, 0.25) is 23.1 Å². The topological polar surface area (TPSA) is 119 Å². The molecule has 1 aromatic rings. The van der Waals surface area contributed by atoms with Gasteiger partial charge < -0.3 is 5.73 Å². The number of carbonyl (C=O) groups excluding carboxylic acids is 1. The molecule has 2 heterocycles. The molecular weight excluding hydrogens is 301 g/mol. The minimum absolute atomic E-state index is 0.0121. The first-order chi connectivity index (χ1) is 8.74. The largest absolute Gasteiger partial charge is 0.368 e. The molecule has 19 heavy (non-hydrogen) atoms. The maximum absolute atomic E-state index is 12.6. The van der Waals surface area contributed by atoms with Crippen LogP contribution in [-0.4, -0.2) is 41.6 Å². The molecular formula is C8H9ClFN5O3S. The molecule has 1 fully saturated rings. The van der Waals surface area contributed by atoms with Crippen LogP contribution in [-0.2, 0) is 15.0 Å². The summed E-state index contributed by atoms with van der Waals surface area (Å²) in [5, 5.41) is -0.183. The Morgan fingerprint density at radius 3 is 2.68 bits per heavy atom. The van der Waals surface area contributed by atoms with Gasteiger partial charge in [-0.05, 0) is 11.6 Å². The lowest BCUT2D eigenvalue weighted by Gasteiger charge is -2.14. The average Bonchev–Trinajstić information content (AvgIpc) is 2.54. The molecule has 8 nitrogen and oxygen atoms in total. The van der Waals surface area contributed by atoms with Gasteiger partial charge in [0.1, 0.15) is 0 Å². The van der Waals surface area contributed by atoms with Crippen molar-refractivity contribution in [3.8, 4) is 0 Å². The van der Waals surface area contributed by atoms with Crippen molar-refractivity contribution < 1.29 is 17.1 Å². The third-order valence-electron chi connectivity index (χ3n) is 2.49. The summed E-state index contributed by atoms with van der Waals surface area (Å²) in [6.07, 6.45) is -0.105. The molecule has 2 rings (SSSR count). The van der Waals surface area contributed by atoms with Gasteiger partial charge in [-0.1, -0.05) is 0 Å². The zero-order chi connectivity index (χ0) is 14.2. The number of anilines is 2. The summed E-state index contributed by atoms with van der Waals surface area (Å²) >= 11 is 5.58. The fourth-order valence-electron chi connectivity index (χ4n) is 1.84. The lowest BCUT2D eigenvalue weighted by Crippen LogP contribution is -2.28. The van der Waals surface area contributed by atoms with Crippen molar-refractivity contribution in [2.24, 2.45) is 5.92 Å². The van der Waals surface area contributed by atoms with Gasteiger partial charge in [-0.25, -0.2) is 0 Å². The third kappa shape index (κ3) is 3.47. The van der Waals surface area contributed by atoms with Gasteiger partial charge in [-0.2, -0.15) is 23.4 Å². The monoisotopic (exact) mass is 309 g/mol. The predicted octanol–water partition coefficient (Wildman–Crippen LogP) is -0.241. The molecule has 1 aliphatic heterocycles. The van der Waals surface area contributed by atoms with E-state index >= 15 is 0 Å². The molecule has 104 valence electrons. The van der Waals surface area contributed by atoms with E-state index in [1.807, 2.05) is 0 Å². The van der Waals surface area contributed by atoms with Gasteiger partial charge in [0.25, 0.3) is 0 Å². The van der Waals surface area contributed by atoms with Crippen molar-refractivity contribution in [1.82, 2.24) is 15.0 Å². The Kier molecular flexibility index (Phi) is 3.54. The van der Waals surface area contributed by atoms with E-state index in [9.17, 15) is 17.1 Å². The van der Waals surface area contributed by atoms with Crippen molar-refractivity contribution in [1.29, 1.82) is 0 Å². The molecule has 1 atom stereocenters. The summed E-state index contributed by atoms with van der Waals surface area (Å²) in [7, 11) is -4.64. The number of halogens is 2. The van der Waals surface area contributed by atoms with Crippen molar-refractivity contribution in [2.45, 2.75) is 6.42 Å². The first-order valence-corrected chi connectivity index (χ1v) is 7.07. The van der Waals surface area contributed by atoms with Crippen LogP contribution in [0.1, 0.15) is 6.42 Å². The normalized spacial score (nSPS) is 20.0. The van der Waals surface area contributed by atoms with Crippen LogP contribution in [0.2, 0.25) is 5.28 Å². The summed E-state index contributed by atoms with van der Waals surface area (Å²) in [6.45, 7) is -0.0121. The van der Waals surface area contributed by atoms with E-state index in [-0.39, 0.29) is 30.1 Å². The van der Waals surface area contributed by atoms with Gasteiger partial charge in [-0.3, -0.25) is 9.69 Å². The molecule has 0 spiro atoms. The van der Waals surface area contributed by atoms with Crippen molar-refractivity contribution in [3.63, 3.8) is 0 Å². The smallest absolute Gasteiger partial charge is 0.302 e. The second-order valence-corrected chi connectivity index (χ2v) is 5.79. The number of nitrogens with two attached hydrogens (primary N) is 1. The molecule has 1 unspecified atom stereocenters. The lowest BCUT2D eigenvalue weighted by molar-refractivity contribution is -0.117. The van der Waals surface area contributed by atoms with Crippen molar-refractivity contribution >= 4 is 39.6 Å². The third-order valence-corrected chi connectivity index (χ3v) is 3.53. The molecule has 1 aromatic heterocycles. The molecule has 0 aliphatic carbocycles. The number of nitrogen functional groups attached to an aromatic ring is 1. The Morgan fingerprint density at radius 1 is 1.42 bits per heavy atom. The maximum atomic E-state index is 12.6. The summed E-state index contributed by atoms with van der Waals surface area (Å²) in [6, 6.07) is 0. The minimum atomic E-state index is -4.64. The van der Waals surface area contributed by atoms with Crippen LogP contribution in [0.15, 0.2) is 0 Å². The molecule has 0 aromatic carbocycles. The summed E-state index contributed by atoms with van der Waals surface area (Å²) in [5.74, 6) is -2.02. The molecule has 11 heteroatoms. The first kappa shape index (κ1) is 13.9. The van der Waals surface area contributed by atoms with Gasteiger partial charge in [-0.15, -0.1) is 3.89 Å².